The Morgan fingerprint density at radius 1 is 1.60 bits per heavy atom. The van der Waals surface area contributed by atoms with E-state index in [0.29, 0.717) is 6.41 Å². The van der Waals surface area contributed by atoms with Gasteiger partial charge in [-0.15, -0.1) is 0 Å². The first-order valence-corrected chi connectivity index (χ1v) is 3.09. The van der Waals surface area contributed by atoms with Crippen molar-refractivity contribution < 1.29 is 9.59 Å². The van der Waals surface area contributed by atoms with Crippen LogP contribution in [0.4, 0.5) is 0 Å². The molecular formula is C6H12N2O2. The molecule has 1 atom stereocenters. The zero-order valence-electron chi connectivity index (χ0n) is 6.13. The van der Waals surface area contributed by atoms with Gasteiger partial charge in [-0.3, -0.25) is 14.9 Å². The van der Waals surface area contributed by atoms with Crippen LogP contribution in [0.15, 0.2) is 0 Å². The molecule has 0 aromatic carbocycles. The summed E-state index contributed by atoms with van der Waals surface area (Å²) in [5.41, 5.74) is 5.38. The minimum atomic E-state index is -0.592. The molecule has 0 unspecified atom stereocenters. The van der Waals surface area contributed by atoms with Gasteiger partial charge in [-0.25, -0.2) is 0 Å². The van der Waals surface area contributed by atoms with Gasteiger partial charge in [0.1, 0.15) is 0 Å². The molecule has 0 rings (SSSR count). The smallest absolute Gasteiger partial charge is 0.243 e. The zero-order valence-corrected chi connectivity index (χ0v) is 6.13. The molecule has 0 spiro atoms. The Labute approximate surface area is 59.8 Å². The van der Waals surface area contributed by atoms with Crippen LogP contribution in [0.3, 0.4) is 0 Å². The number of rotatable bonds is 3. The van der Waals surface area contributed by atoms with Crippen LogP contribution in [0, 0.1) is 5.92 Å². The first-order valence-electron chi connectivity index (χ1n) is 3.09. The van der Waals surface area contributed by atoms with Gasteiger partial charge in [0.15, 0.2) is 0 Å². The van der Waals surface area contributed by atoms with Crippen LogP contribution < -0.4 is 11.1 Å². The van der Waals surface area contributed by atoms with E-state index in [1.807, 2.05) is 19.2 Å². The average Bonchev–Trinajstić information content (AvgIpc) is 1.87. The molecule has 0 saturated carbocycles. The van der Waals surface area contributed by atoms with Crippen molar-refractivity contribution in [3.05, 3.63) is 0 Å². The number of nitrogens with two attached hydrogens (primary N) is 1. The Bertz CT molecular complexity index is 134. The van der Waals surface area contributed by atoms with Gasteiger partial charge < -0.3 is 5.73 Å². The Kier molecular flexibility index (Phi) is 3.64. The third-order valence-electron chi connectivity index (χ3n) is 1.22. The maximum absolute atomic E-state index is 10.7. The van der Waals surface area contributed by atoms with Gasteiger partial charge in [0.2, 0.25) is 12.3 Å². The Balaban J connectivity index is 3.81. The fraction of sp³-hybridized carbons (Fsp3) is 0.667. The van der Waals surface area contributed by atoms with Gasteiger partial charge in [0.25, 0.3) is 0 Å². The topological polar surface area (TPSA) is 72.2 Å². The van der Waals surface area contributed by atoms with Crippen LogP contribution in [0.1, 0.15) is 13.8 Å². The molecule has 0 fully saturated rings. The van der Waals surface area contributed by atoms with Crippen molar-refractivity contribution in [3.8, 4) is 0 Å². The molecule has 3 N–H and O–H groups in total. The third-order valence-corrected chi connectivity index (χ3v) is 1.22. The molecule has 58 valence electrons. The number of carbonyl (C=O) groups is 2. The van der Waals surface area contributed by atoms with Gasteiger partial charge in [0, 0.05) is 0 Å². The predicted octanol–water partition coefficient (Wildman–Crippen LogP) is -0.758. The van der Waals surface area contributed by atoms with E-state index in [1.165, 1.54) is 0 Å². The molecule has 0 saturated heterocycles. The summed E-state index contributed by atoms with van der Waals surface area (Å²) in [4.78, 5) is 20.5. The number of carbonyl (C=O) groups excluding carboxylic acids is 2. The van der Waals surface area contributed by atoms with Crippen molar-refractivity contribution in [1.82, 2.24) is 5.32 Å². The number of amides is 2. The maximum Gasteiger partial charge on any atom is 0.243 e. The normalized spacial score (nSPS) is 12.8. The van der Waals surface area contributed by atoms with Crippen LogP contribution in [0.2, 0.25) is 0 Å². The van der Waals surface area contributed by atoms with Crippen LogP contribution in [-0.4, -0.2) is 18.4 Å². The van der Waals surface area contributed by atoms with Crippen molar-refractivity contribution in [2.75, 3.05) is 0 Å². The molecule has 0 aliphatic heterocycles. The van der Waals surface area contributed by atoms with E-state index in [9.17, 15) is 9.59 Å². The standard InChI is InChI=1S/C6H12N2O2/c1-4(2)5(7)6(10)8-3-9/h3-5H,7H2,1-2H3,(H,8,9,10)/t5-/m0/s1. The molecule has 0 aliphatic rings. The number of imide groups is 1. The second-order valence-corrected chi connectivity index (χ2v) is 2.40. The molecule has 0 aromatic heterocycles. The summed E-state index contributed by atoms with van der Waals surface area (Å²) >= 11 is 0. The lowest BCUT2D eigenvalue weighted by atomic mass is 10.1. The van der Waals surface area contributed by atoms with Crippen LogP contribution >= 0.6 is 0 Å². The highest BCUT2D eigenvalue weighted by molar-refractivity contribution is 5.89. The van der Waals surface area contributed by atoms with Gasteiger partial charge >= 0.3 is 0 Å². The molecule has 10 heavy (non-hydrogen) atoms. The molecule has 0 radical (unpaired) electrons. The van der Waals surface area contributed by atoms with Crippen molar-refractivity contribution >= 4 is 12.3 Å². The molecule has 0 heterocycles. The van der Waals surface area contributed by atoms with Gasteiger partial charge in [-0.05, 0) is 5.92 Å². The fourth-order valence-electron chi connectivity index (χ4n) is 0.457. The highest BCUT2D eigenvalue weighted by Crippen LogP contribution is 1.96. The van der Waals surface area contributed by atoms with E-state index < -0.39 is 11.9 Å². The third kappa shape index (κ3) is 2.59. The summed E-state index contributed by atoms with van der Waals surface area (Å²) < 4.78 is 0. The molecule has 0 aliphatic carbocycles. The van der Waals surface area contributed by atoms with E-state index in [2.05, 4.69) is 0 Å². The van der Waals surface area contributed by atoms with Crippen molar-refractivity contribution in [2.24, 2.45) is 11.7 Å². The highest BCUT2D eigenvalue weighted by Gasteiger charge is 2.15. The first-order chi connectivity index (χ1) is 4.59. The zero-order chi connectivity index (χ0) is 8.15. The van der Waals surface area contributed by atoms with Crippen molar-refractivity contribution in [3.63, 3.8) is 0 Å². The minimum Gasteiger partial charge on any atom is -0.320 e. The molecule has 4 heteroatoms. The second-order valence-electron chi connectivity index (χ2n) is 2.40. The van der Waals surface area contributed by atoms with Crippen LogP contribution in [-0.2, 0) is 9.59 Å². The second kappa shape index (κ2) is 4.00. The summed E-state index contributed by atoms with van der Waals surface area (Å²) in [6, 6.07) is -0.592. The quantitative estimate of drug-likeness (QED) is 0.511. The maximum atomic E-state index is 10.7. The fourth-order valence-corrected chi connectivity index (χ4v) is 0.457. The van der Waals surface area contributed by atoms with Crippen LogP contribution in [0.25, 0.3) is 0 Å². The number of hydrogen-bond donors (Lipinski definition) is 2. The number of hydrogen-bond acceptors (Lipinski definition) is 3. The first kappa shape index (κ1) is 9.10. The van der Waals surface area contributed by atoms with E-state index in [0.717, 1.165) is 0 Å². The van der Waals surface area contributed by atoms with E-state index in [1.54, 1.807) is 0 Å². The Morgan fingerprint density at radius 3 is 2.40 bits per heavy atom. The van der Waals surface area contributed by atoms with Gasteiger partial charge in [-0.2, -0.15) is 0 Å². The summed E-state index contributed by atoms with van der Waals surface area (Å²) in [5.74, 6) is -0.370. The summed E-state index contributed by atoms with van der Waals surface area (Å²) in [6.45, 7) is 3.63. The van der Waals surface area contributed by atoms with Gasteiger partial charge in [-0.1, -0.05) is 13.8 Å². The largest absolute Gasteiger partial charge is 0.320 e. The summed E-state index contributed by atoms with van der Waals surface area (Å²) in [6.07, 6.45) is 0.338. The lowest BCUT2D eigenvalue weighted by molar-refractivity contribution is -0.126. The lowest BCUT2D eigenvalue weighted by Gasteiger charge is -2.11. The van der Waals surface area contributed by atoms with E-state index >= 15 is 0 Å². The summed E-state index contributed by atoms with van der Waals surface area (Å²) in [7, 11) is 0. The number of nitrogens with one attached hydrogen (secondary N) is 1. The average molecular weight is 144 g/mol. The molecular weight excluding hydrogens is 132 g/mol. The molecule has 2 amide bonds. The Morgan fingerprint density at radius 2 is 2.10 bits per heavy atom. The minimum absolute atomic E-state index is 0.0555. The lowest BCUT2D eigenvalue weighted by Crippen LogP contribution is -2.43. The SMILES string of the molecule is CC(C)[C@H](N)C(=O)NC=O. The molecule has 4 nitrogen and oxygen atoms in total. The van der Waals surface area contributed by atoms with Crippen molar-refractivity contribution in [1.29, 1.82) is 0 Å². The highest BCUT2D eigenvalue weighted by atomic mass is 16.2. The monoisotopic (exact) mass is 144 g/mol. The molecule has 0 aromatic rings. The summed E-state index contributed by atoms with van der Waals surface area (Å²) in [5, 5.41) is 1.98. The predicted molar refractivity (Wildman–Crippen MR) is 37.0 cm³/mol. The van der Waals surface area contributed by atoms with Crippen LogP contribution in [0.5, 0.6) is 0 Å². The van der Waals surface area contributed by atoms with Gasteiger partial charge in [0.05, 0.1) is 6.04 Å². The molecule has 0 bridgehead atoms. The van der Waals surface area contributed by atoms with Crippen molar-refractivity contribution in [2.45, 2.75) is 19.9 Å². The Hall–Kier alpha value is -0.900. The van der Waals surface area contributed by atoms with E-state index in [4.69, 9.17) is 5.73 Å². The van der Waals surface area contributed by atoms with E-state index in [-0.39, 0.29) is 5.92 Å².